The lowest BCUT2D eigenvalue weighted by molar-refractivity contribution is 0.0696. The van der Waals surface area contributed by atoms with E-state index < -0.39 is 12.0 Å². The summed E-state index contributed by atoms with van der Waals surface area (Å²) in [6.07, 6.45) is 0. The Balaban J connectivity index is 2.07. The Labute approximate surface area is 130 Å². The zero-order valence-corrected chi connectivity index (χ0v) is 12.8. The highest BCUT2D eigenvalue weighted by Crippen LogP contribution is 2.21. The molecule has 2 aromatic rings. The molecule has 3 N–H and O–H groups in total. The quantitative estimate of drug-likeness (QED) is 0.781. The zero-order chi connectivity index (χ0) is 15.4. The van der Waals surface area contributed by atoms with Crippen LogP contribution in [-0.2, 0) is 0 Å². The number of carbonyl (C=O) groups excluding carboxylic acids is 1. The molecule has 0 aliphatic carbocycles. The topological polar surface area (TPSA) is 78.4 Å². The van der Waals surface area contributed by atoms with Gasteiger partial charge in [0.15, 0.2) is 0 Å². The third kappa shape index (κ3) is 4.06. The summed E-state index contributed by atoms with van der Waals surface area (Å²) < 4.78 is 0.458. The fraction of sp³-hybridized carbons (Fsp3) is 0.0667. The normalized spacial score (nSPS) is 10.0. The van der Waals surface area contributed by atoms with Crippen LogP contribution in [0.2, 0.25) is 0 Å². The predicted octanol–water partition coefficient (Wildman–Crippen LogP) is 4.10. The number of halogens is 1. The molecule has 0 aliphatic rings. The first-order chi connectivity index (χ1) is 9.95. The molecule has 2 rings (SSSR count). The van der Waals surface area contributed by atoms with Gasteiger partial charge in [-0.25, -0.2) is 9.59 Å². The van der Waals surface area contributed by atoms with Crippen LogP contribution in [0.25, 0.3) is 0 Å². The Morgan fingerprint density at radius 3 is 2.19 bits per heavy atom. The SMILES string of the molecule is Cc1ccc(NC(=O)Nc2ccc(Br)c(C(=O)O)c2)cc1. The van der Waals surface area contributed by atoms with Gasteiger partial charge in [0.05, 0.1) is 5.56 Å². The highest BCUT2D eigenvalue weighted by Gasteiger charge is 2.10. The summed E-state index contributed by atoms with van der Waals surface area (Å²) >= 11 is 3.15. The molecule has 0 saturated carbocycles. The molecule has 0 radical (unpaired) electrons. The number of nitrogens with one attached hydrogen (secondary N) is 2. The van der Waals surface area contributed by atoms with Crippen molar-refractivity contribution in [1.29, 1.82) is 0 Å². The third-order valence-electron chi connectivity index (χ3n) is 2.76. The minimum atomic E-state index is -1.07. The first kappa shape index (κ1) is 15.1. The summed E-state index contributed by atoms with van der Waals surface area (Å²) in [6, 6.07) is 11.5. The van der Waals surface area contributed by atoms with E-state index in [0.717, 1.165) is 5.56 Å². The van der Waals surface area contributed by atoms with Crippen molar-refractivity contribution in [2.24, 2.45) is 0 Å². The number of carboxylic acid groups (broad SMARTS) is 1. The van der Waals surface area contributed by atoms with Gasteiger partial charge in [-0.1, -0.05) is 17.7 Å². The van der Waals surface area contributed by atoms with E-state index in [9.17, 15) is 9.59 Å². The lowest BCUT2D eigenvalue weighted by Crippen LogP contribution is -2.19. The highest BCUT2D eigenvalue weighted by atomic mass is 79.9. The number of amides is 2. The molecular formula is C15H13BrN2O3. The summed E-state index contributed by atoms with van der Waals surface area (Å²) in [6.45, 7) is 1.96. The Hall–Kier alpha value is -2.34. The molecule has 0 unspecified atom stereocenters. The van der Waals surface area contributed by atoms with E-state index in [2.05, 4.69) is 26.6 Å². The molecule has 2 amide bonds. The van der Waals surface area contributed by atoms with Crippen LogP contribution in [0.3, 0.4) is 0 Å². The van der Waals surface area contributed by atoms with E-state index >= 15 is 0 Å². The number of aryl methyl sites for hydroxylation is 1. The van der Waals surface area contributed by atoms with Gasteiger partial charge in [-0.05, 0) is 53.2 Å². The van der Waals surface area contributed by atoms with E-state index in [1.807, 2.05) is 19.1 Å². The van der Waals surface area contributed by atoms with Crippen LogP contribution in [0.1, 0.15) is 15.9 Å². The molecule has 0 aromatic heterocycles. The van der Waals surface area contributed by atoms with Gasteiger partial charge in [-0.2, -0.15) is 0 Å². The van der Waals surface area contributed by atoms with Crippen LogP contribution in [-0.4, -0.2) is 17.1 Å². The number of urea groups is 1. The van der Waals surface area contributed by atoms with Crippen molar-refractivity contribution in [2.75, 3.05) is 10.6 Å². The summed E-state index contributed by atoms with van der Waals surface area (Å²) in [5.74, 6) is -1.07. The molecule has 0 spiro atoms. The van der Waals surface area contributed by atoms with Gasteiger partial charge in [0.25, 0.3) is 0 Å². The first-order valence-corrected chi connectivity index (χ1v) is 6.92. The average molecular weight is 349 g/mol. The van der Waals surface area contributed by atoms with E-state index in [0.29, 0.717) is 15.8 Å². The summed E-state index contributed by atoms with van der Waals surface area (Å²) in [7, 11) is 0. The second-order valence-corrected chi connectivity index (χ2v) is 5.30. The largest absolute Gasteiger partial charge is 0.478 e. The molecular weight excluding hydrogens is 336 g/mol. The van der Waals surface area contributed by atoms with Crippen LogP contribution >= 0.6 is 15.9 Å². The molecule has 0 atom stereocenters. The Morgan fingerprint density at radius 2 is 1.57 bits per heavy atom. The van der Waals surface area contributed by atoms with Crippen molar-refractivity contribution in [2.45, 2.75) is 6.92 Å². The fourth-order valence-electron chi connectivity index (χ4n) is 1.70. The van der Waals surface area contributed by atoms with Gasteiger partial charge in [0.2, 0.25) is 0 Å². The van der Waals surface area contributed by atoms with Gasteiger partial charge < -0.3 is 15.7 Å². The minimum absolute atomic E-state index is 0.0862. The van der Waals surface area contributed by atoms with Crippen LogP contribution in [0.4, 0.5) is 16.2 Å². The van der Waals surface area contributed by atoms with Crippen molar-refractivity contribution in [3.8, 4) is 0 Å². The van der Waals surface area contributed by atoms with Crippen molar-refractivity contribution >= 4 is 39.3 Å². The molecule has 2 aromatic carbocycles. The number of hydrogen-bond donors (Lipinski definition) is 3. The highest BCUT2D eigenvalue weighted by molar-refractivity contribution is 9.10. The summed E-state index contributed by atoms with van der Waals surface area (Å²) in [4.78, 5) is 22.9. The third-order valence-corrected chi connectivity index (χ3v) is 3.46. The second kappa shape index (κ2) is 6.41. The van der Waals surface area contributed by atoms with Crippen molar-refractivity contribution in [3.63, 3.8) is 0 Å². The van der Waals surface area contributed by atoms with Crippen LogP contribution in [0.5, 0.6) is 0 Å². The van der Waals surface area contributed by atoms with E-state index in [1.165, 1.54) is 6.07 Å². The summed E-state index contributed by atoms with van der Waals surface area (Å²) in [5, 5.41) is 14.3. The Bertz CT molecular complexity index is 684. The molecule has 0 heterocycles. The van der Waals surface area contributed by atoms with Crippen molar-refractivity contribution in [3.05, 3.63) is 58.1 Å². The monoisotopic (exact) mass is 348 g/mol. The standard InChI is InChI=1S/C15H13BrN2O3/c1-9-2-4-10(5-3-9)17-15(21)18-11-6-7-13(16)12(8-11)14(19)20/h2-8H,1H3,(H,19,20)(H2,17,18,21). The molecule has 6 heteroatoms. The van der Waals surface area contributed by atoms with Gasteiger partial charge >= 0.3 is 12.0 Å². The fourth-order valence-corrected chi connectivity index (χ4v) is 2.11. The van der Waals surface area contributed by atoms with E-state index in [-0.39, 0.29) is 5.56 Å². The Morgan fingerprint density at radius 1 is 1.00 bits per heavy atom. The minimum Gasteiger partial charge on any atom is -0.478 e. The number of benzene rings is 2. The molecule has 0 saturated heterocycles. The number of anilines is 2. The average Bonchev–Trinajstić information content (AvgIpc) is 2.43. The maximum atomic E-state index is 11.9. The number of carboxylic acids is 1. The maximum absolute atomic E-state index is 11.9. The molecule has 0 aliphatic heterocycles. The predicted molar refractivity (Wildman–Crippen MR) is 84.9 cm³/mol. The van der Waals surface area contributed by atoms with E-state index in [1.54, 1.807) is 24.3 Å². The maximum Gasteiger partial charge on any atom is 0.336 e. The lowest BCUT2D eigenvalue weighted by Gasteiger charge is -2.09. The van der Waals surface area contributed by atoms with Gasteiger partial charge in [0.1, 0.15) is 0 Å². The van der Waals surface area contributed by atoms with Gasteiger partial charge in [-0.3, -0.25) is 0 Å². The number of carbonyl (C=O) groups is 2. The Kier molecular flexibility index (Phi) is 4.59. The molecule has 0 bridgehead atoms. The van der Waals surface area contributed by atoms with Crippen LogP contribution < -0.4 is 10.6 Å². The first-order valence-electron chi connectivity index (χ1n) is 6.13. The van der Waals surface area contributed by atoms with Crippen molar-refractivity contribution < 1.29 is 14.7 Å². The van der Waals surface area contributed by atoms with Crippen LogP contribution in [0, 0.1) is 6.92 Å². The second-order valence-electron chi connectivity index (χ2n) is 4.44. The smallest absolute Gasteiger partial charge is 0.336 e. The zero-order valence-electron chi connectivity index (χ0n) is 11.2. The number of rotatable bonds is 3. The van der Waals surface area contributed by atoms with Gasteiger partial charge in [-0.15, -0.1) is 0 Å². The van der Waals surface area contributed by atoms with Crippen molar-refractivity contribution in [1.82, 2.24) is 0 Å². The van der Waals surface area contributed by atoms with Gasteiger partial charge in [0, 0.05) is 15.8 Å². The molecule has 21 heavy (non-hydrogen) atoms. The number of aromatic carboxylic acids is 1. The lowest BCUT2D eigenvalue weighted by atomic mass is 10.2. The molecule has 0 fully saturated rings. The van der Waals surface area contributed by atoms with Crippen LogP contribution in [0.15, 0.2) is 46.9 Å². The molecule has 5 nitrogen and oxygen atoms in total. The number of hydrogen-bond acceptors (Lipinski definition) is 2. The molecule has 108 valence electrons. The summed E-state index contributed by atoms with van der Waals surface area (Å²) in [5.41, 5.74) is 2.25. The van der Waals surface area contributed by atoms with E-state index in [4.69, 9.17) is 5.11 Å².